The molecule has 1 heterocycles. The Morgan fingerprint density at radius 3 is 2.60 bits per heavy atom. The van der Waals surface area contributed by atoms with E-state index in [9.17, 15) is 5.11 Å². The molecule has 1 N–H and O–H groups in total. The maximum atomic E-state index is 9.30. The van der Waals surface area contributed by atoms with E-state index >= 15 is 0 Å². The first-order valence-electron chi connectivity index (χ1n) is 5.72. The molecule has 1 aromatic heterocycles. The summed E-state index contributed by atoms with van der Waals surface area (Å²) in [6, 6.07) is 2.17. The van der Waals surface area contributed by atoms with Crippen LogP contribution in [0.4, 0.5) is 0 Å². The van der Waals surface area contributed by atoms with E-state index in [1.165, 1.54) is 5.69 Å². The molecule has 0 bridgehead atoms. The SMILES string of the molecule is CCc1cc(CC(C)CC(C)O)n(C)n1. The van der Waals surface area contributed by atoms with E-state index in [0.717, 1.165) is 25.0 Å². The first kappa shape index (κ1) is 12.2. The summed E-state index contributed by atoms with van der Waals surface area (Å²) in [5, 5.41) is 13.7. The summed E-state index contributed by atoms with van der Waals surface area (Å²) < 4.78 is 1.96. The van der Waals surface area contributed by atoms with Crippen LogP contribution in [-0.2, 0) is 19.9 Å². The van der Waals surface area contributed by atoms with Crippen molar-refractivity contribution in [1.82, 2.24) is 9.78 Å². The van der Waals surface area contributed by atoms with Crippen molar-refractivity contribution in [3.63, 3.8) is 0 Å². The van der Waals surface area contributed by atoms with E-state index in [4.69, 9.17) is 0 Å². The topological polar surface area (TPSA) is 38.0 Å². The third-order valence-electron chi connectivity index (χ3n) is 2.69. The largest absolute Gasteiger partial charge is 0.393 e. The number of hydrogen-bond acceptors (Lipinski definition) is 2. The zero-order chi connectivity index (χ0) is 11.4. The van der Waals surface area contributed by atoms with Crippen molar-refractivity contribution >= 4 is 0 Å². The van der Waals surface area contributed by atoms with Crippen LogP contribution in [0.1, 0.15) is 38.6 Å². The first-order chi connectivity index (χ1) is 7.02. The molecule has 0 radical (unpaired) electrons. The first-order valence-corrected chi connectivity index (χ1v) is 5.72. The Hall–Kier alpha value is -0.830. The van der Waals surface area contributed by atoms with Crippen LogP contribution >= 0.6 is 0 Å². The summed E-state index contributed by atoms with van der Waals surface area (Å²) in [6.07, 6.45) is 2.62. The Morgan fingerprint density at radius 2 is 2.13 bits per heavy atom. The second-order valence-electron chi connectivity index (χ2n) is 4.50. The number of rotatable bonds is 5. The minimum Gasteiger partial charge on any atom is -0.393 e. The molecule has 0 saturated heterocycles. The third kappa shape index (κ3) is 3.67. The molecule has 86 valence electrons. The number of aromatic nitrogens is 2. The summed E-state index contributed by atoms with van der Waals surface area (Å²) in [6.45, 7) is 6.13. The Labute approximate surface area is 92.1 Å². The number of aliphatic hydroxyl groups excluding tert-OH is 1. The molecule has 2 unspecified atom stereocenters. The van der Waals surface area contributed by atoms with Gasteiger partial charge in [0.2, 0.25) is 0 Å². The van der Waals surface area contributed by atoms with Gasteiger partial charge in [0.25, 0.3) is 0 Å². The third-order valence-corrected chi connectivity index (χ3v) is 2.69. The lowest BCUT2D eigenvalue weighted by Gasteiger charge is -2.12. The average Bonchev–Trinajstić information content (AvgIpc) is 2.46. The molecule has 0 spiro atoms. The standard InChI is InChI=1S/C12H22N2O/c1-5-11-8-12(14(4)13-11)7-9(2)6-10(3)15/h8-10,15H,5-7H2,1-4H3. The van der Waals surface area contributed by atoms with Crippen molar-refractivity contribution in [2.24, 2.45) is 13.0 Å². The lowest BCUT2D eigenvalue weighted by Crippen LogP contribution is -2.11. The summed E-state index contributed by atoms with van der Waals surface area (Å²) in [5.41, 5.74) is 2.41. The highest BCUT2D eigenvalue weighted by molar-refractivity contribution is 5.10. The van der Waals surface area contributed by atoms with Gasteiger partial charge in [-0.2, -0.15) is 5.10 Å². The van der Waals surface area contributed by atoms with Crippen LogP contribution in [-0.4, -0.2) is 21.0 Å². The lowest BCUT2D eigenvalue weighted by molar-refractivity contribution is 0.163. The fourth-order valence-electron chi connectivity index (χ4n) is 1.96. The number of aryl methyl sites for hydroxylation is 2. The molecule has 3 heteroatoms. The predicted molar refractivity (Wildman–Crippen MR) is 61.8 cm³/mol. The van der Waals surface area contributed by atoms with Gasteiger partial charge < -0.3 is 5.11 Å². The van der Waals surface area contributed by atoms with E-state index in [1.54, 1.807) is 0 Å². The van der Waals surface area contributed by atoms with E-state index in [2.05, 4.69) is 25.0 Å². The van der Waals surface area contributed by atoms with E-state index in [-0.39, 0.29) is 6.10 Å². The van der Waals surface area contributed by atoms with Crippen LogP contribution < -0.4 is 0 Å². The highest BCUT2D eigenvalue weighted by atomic mass is 16.3. The average molecular weight is 210 g/mol. The fraction of sp³-hybridized carbons (Fsp3) is 0.750. The number of nitrogens with zero attached hydrogens (tertiary/aromatic N) is 2. The smallest absolute Gasteiger partial charge is 0.0624 e. The Balaban J connectivity index is 2.59. The summed E-state index contributed by atoms with van der Waals surface area (Å²) in [7, 11) is 1.99. The second kappa shape index (κ2) is 5.31. The monoisotopic (exact) mass is 210 g/mol. The van der Waals surface area contributed by atoms with E-state index < -0.39 is 0 Å². The Kier molecular flexibility index (Phi) is 4.33. The lowest BCUT2D eigenvalue weighted by atomic mass is 9.99. The maximum Gasteiger partial charge on any atom is 0.0624 e. The van der Waals surface area contributed by atoms with E-state index in [1.807, 2.05) is 18.7 Å². The number of aliphatic hydroxyl groups is 1. The molecule has 1 aromatic rings. The molecule has 0 fully saturated rings. The molecule has 0 aromatic carbocycles. The van der Waals surface area contributed by atoms with Gasteiger partial charge in [0.15, 0.2) is 0 Å². The van der Waals surface area contributed by atoms with Crippen molar-refractivity contribution in [2.45, 2.75) is 46.1 Å². The normalized spacial score (nSPS) is 15.3. The quantitative estimate of drug-likeness (QED) is 0.806. The van der Waals surface area contributed by atoms with Gasteiger partial charge in [-0.1, -0.05) is 13.8 Å². The summed E-state index contributed by atoms with van der Waals surface area (Å²) in [5.74, 6) is 0.505. The molecular weight excluding hydrogens is 188 g/mol. The Morgan fingerprint density at radius 1 is 1.47 bits per heavy atom. The van der Waals surface area contributed by atoms with Crippen LogP contribution in [0.2, 0.25) is 0 Å². The van der Waals surface area contributed by atoms with Gasteiger partial charge in [-0.05, 0) is 38.2 Å². The van der Waals surface area contributed by atoms with Crippen LogP contribution in [0.5, 0.6) is 0 Å². The van der Waals surface area contributed by atoms with Crippen molar-refractivity contribution in [3.8, 4) is 0 Å². The summed E-state index contributed by atoms with van der Waals surface area (Å²) >= 11 is 0. The molecule has 0 saturated carbocycles. The van der Waals surface area contributed by atoms with E-state index in [0.29, 0.717) is 5.92 Å². The maximum absolute atomic E-state index is 9.30. The van der Waals surface area contributed by atoms with Crippen molar-refractivity contribution in [1.29, 1.82) is 0 Å². The van der Waals surface area contributed by atoms with Gasteiger partial charge in [0.1, 0.15) is 0 Å². The van der Waals surface area contributed by atoms with Crippen molar-refractivity contribution < 1.29 is 5.11 Å². The zero-order valence-electron chi connectivity index (χ0n) is 10.2. The molecule has 1 rings (SSSR count). The van der Waals surface area contributed by atoms with Gasteiger partial charge in [0, 0.05) is 12.7 Å². The highest BCUT2D eigenvalue weighted by Gasteiger charge is 2.10. The van der Waals surface area contributed by atoms with Crippen LogP contribution in [0.25, 0.3) is 0 Å². The van der Waals surface area contributed by atoms with Gasteiger partial charge in [-0.25, -0.2) is 0 Å². The minimum atomic E-state index is -0.209. The molecule has 15 heavy (non-hydrogen) atoms. The molecule has 0 amide bonds. The van der Waals surface area contributed by atoms with Crippen LogP contribution in [0.3, 0.4) is 0 Å². The molecule has 3 nitrogen and oxygen atoms in total. The molecule has 2 atom stereocenters. The van der Waals surface area contributed by atoms with Gasteiger partial charge in [0.05, 0.1) is 11.8 Å². The molecule has 0 aliphatic rings. The predicted octanol–water partition coefficient (Wildman–Crippen LogP) is 1.93. The van der Waals surface area contributed by atoms with Crippen molar-refractivity contribution in [2.75, 3.05) is 0 Å². The Bertz CT molecular complexity index is 305. The van der Waals surface area contributed by atoms with Crippen LogP contribution in [0, 0.1) is 5.92 Å². The number of hydrogen-bond donors (Lipinski definition) is 1. The van der Waals surface area contributed by atoms with Crippen LogP contribution in [0.15, 0.2) is 6.07 Å². The molecular formula is C12H22N2O. The minimum absolute atomic E-state index is 0.209. The van der Waals surface area contributed by atoms with Gasteiger partial charge in [-0.15, -0.1) is 0 Å². The molecule has 0 aliphatic carbocycles. The van der Waals surface area contributed by atoms with Gasteiger partial charge >= 0.3 is 0 Å². The summed E-state index contributed by atoms with van der Waals surface area (Å²) in [4.78, 5) is 0. The zero-order valence-corrected chi connectivity index (χ0v) is 10.2. The van der Waals surface area contributed by atoms with Crippen molar-refractivity contribution in [3.05, 3.63) is 17.5 Å². The van der Waals surface area contributed by atoms with Gasteiger partial charge in [-0.3, -0.25) is 4.68 Å². The second-order valence-corrected chi connectivity index (χ2v) is 4.50. The highest BCUT2D eigenvalue weighted by Crippen LogP contribution is 2.14. The fourth-order valence-corrected chi connectivity index (χ4v) is 1.96. The molecule has 0 aliphatic heterocycles.